The van der Waals surface area contributed by atoms with Crippen LogP contribution in [0.5, 0.6) is 5.75 Å². The lowest BCUT2D eigenvalue weighted by atomic mass is 10.1. The monoisotopic (exact) mass is 285 g/mol. The molecule has 2 aliphatic carbocycles. The van der Waals surface area contributed by atoms with Crippen molar-refractivity contribution in [3.63, 3.8) is 0 Å². The molecule has 0 spiro atoms. The second-order valence-electron chi connectivity index (χ2n) is 5.93. The van der Waals surface area contributed by atoms with E-state index in [1.54, 1.807) is 0 Å². The zero-order chi connectivity index (χ0) is 14.7. The molecule has 1 amide bonds. The molecule has 1 saturated carbocycles. The molecule has 3 unspecified atom stereocenters. The van der Waals surface area contributed by atoms with Crippen molar-refractivity contribution in [2.45, 2.75) is 32.6 Å². The standard InChI is InChI=1S/C18H23NO2/c1-2-21-14-11-9-13(10-12-14)19-18(20)17-15-7-5-3-4-6-8-16(15)17/h5,7,9-12,15-17H,2-4,6,8H2,1H3,(H,19,20)/b7-5-. The number of hydrogen-bond donors (Lipinski definition) is 1. The van der Waals surface area contributed by atoms with Gasteiger partial charge in [-0.15, -0.1) is 0 Å². The second-order valence-corrected chi connectivity index (χ2v) is 5.93. The van der Waals surface area contributed by atoms with Gasteiger partial charge in [0.2, 0.25) is 5.91 Å². The molecule has 0 aliphatic heterocycles. The minimum Gasteiger partial charge on any atom is -0.494 e. The van der Waals surface area contributed by atoms with E-state index in [0.717, 1.165) is 17.9 Å². The molecule has 1 aromatic carbocycles. The van der Waals surface area contributed by atoms with Crippen LogP contribution >= 0.6 is 0 Å². The van der Waals surface area contributed by atoms with Crippen LogP contribution < -0.4 is 10.1 Å². The Morgan fingerprint density at radius 1 is 1.29 bits per heavy atom. The maximum atomic E-state index is 12.4. The number of carbonyl (C=O) groups is 1. The van der Waals surface area contributed by atoms with Crippen LogP contribution in [0, 0.1) is 17.8 Å². The van der Waals surface area contributed by atoms with E-state index in [0.29, 0.717) is 18.4 Å². The smallest absolute Gasteiger partial charge is 0.228 e. The van der Waals surface area contributed by atoms with Gasteiger partial charge in [-0.2, -0.15) is 0 Å². The molecule has 3 nitrogen and oxygen atoms in total. The fourth-order valence-corrected chi connectivity index (χ4v) is 3.33. The summed E-state index contributed by atoms with van der Waals surface area (Å²) in [5.74, 6) is 2.20. The van der Waals surface area contributed by atoms with E-state index >= 15 is 0 Å². The van der Waals surface area contributed by atoms with Crippen molar-refractivity contribution >= 4 is 11.6 Å². The normalized spacial score (nSPS) is 28.7. The molecular formula is C18H23NO2. The fraction of sp³-hybridized carbons (Fsp3) is 0.500. The SMILES string of the molecule is CCOc1ccc(NC(=O)C2C3/C=C\CCCCC32)cc1. The Balaban J connectivity index is 1.59. The maximum absolute atomic E-state index is 12.4. The summed E-state index contributed by atoms with van der Waals surface area (Å²) in [6.07, 6.45) is 9.37. The Bertz CT molecular complexity index is 521. The average Bonchev–Trinajstić information content (AvgIpc) is 3.12. The summed E-state index contributed by atoms with van der Waals surface area (Å²) in [6.45, 7) is 2.62. The zero-order valence-corrected chi connectivity index (χ0v) is 12.5. The number of amides is 1. The predicted molar refractivity (Wildman–Crippen MR) is 84.3 cm³/mol. The van der Waals surface area contributed by atoms with Crippen LogP contribution in [-0.4, -0.2) is 12.5 Å². The van der Waals surface area contributed by atoms with Crippen molar-refractivity contribution in [2.75, 3.05) is 11.9 Å². The molecule has 0 bridgehead atoms. The van der Waals surface area contributed by atoms with Crippen molar-refractivity contribution in [1.82, 2.24) is 0 Å². The number of allylic oxidation sites excluding steroid dienone is 2. The van der Waals surface area contributed by atoms with Gasteiger partial charge in [0, 0.05) is 11.6 Å². The summed E-state index contributed by atoms with van der Waals surface area (Å²) in [5.41, 5.74) is 0.853. The minimum absolute atomic E-state index is 0.167. The quantitative estimate of drug-likeness (QED) is 0.849. The van der Waals surface area contributed by atoms with Crippen molar-refractivity contribution < 1.29 is 9.53 Å². The van der Waals surface area contributed by atoms with E-state index in [4.69, 9.17) is 4.74 Å². The molecule has 0 saturated heterocycles. The number of benzene rings is 1. The zero-order valence-electron chi connectivity index (χ0n) is 12.5. The van der Waals surface area contributed by atoms with Crippen LogP contribution in [0.2, 0.25) is 0 Å². The molecular weight excluding hydrogens is 262 g/mol. The molecule has 0 aromatic heterocycles. The Hall–Kier alpha value is -1.77. The van der Waals surface area contributed by atoms with E-state index in [9.17, 15) is 4.79 Å². The first-order chi connectivity index (χ1) is 10.3. The summed E-state index contributed by atoms with van der Waals surface area (Å²) in [5, 5.41) is 3.04. The molecule has 3 rings (SSSR count). The van der Waals surface area contributed by atoms with Gasteiger partial charge in [-0.1, -0.05) is 18.6 Å². The highest BCUT2D eigenvalue weighted by molar-refractivity contribution is 5.95. The first-order valence-corrected chi connectivity index (χ1v) is 8.00. The van der Waals surface area contributed by atoms with Gasteiger partial charge in [0.15, 0.2) is 0 Å². The van der Waals surface area contributed by atoms with Gasteiger partial charge in [0.05, 0.1) is 6.61 Å². The molecule has 1 fully saturated rings. The highest BCUT2D eigenvalue weighted by Crippen LogP contribution is 2.51. The van der Waals surface area contributed by atoms with Crippen LogP contribution in [0.25, 0.3) is 0 Å². The number of hydrogen-bond acceptors (Lipinski definition) is 2. The number of ether oxygens (including phenoxy) is 1. The van der Waals surface area contributed by atoms with E-state index < -0.39 is 0 Å². The molecule has 0 radical (unpaired) electrons. The molecule has 0 heterocycles. The van der Waals surface area contributed by atoms with Crippen molar-refractivity contribution in [3.8, 4) is 5.75 Å². The number of nitrogens with one attached hydrogen (secondary N) is 1. The Morgan fingerprint density at radius 2 is 2.10 bits per heavy atom. The third-order valence-electron chi connectivity index (χ3n) is 4.48. The lowest BCUT2D eigenvalue weighted by Crippen LogP contribution is -2.15. The van der Waals surface area contributed by atoms with Gasteiger partial charge < -0.3 is 10.1 Å². The van der Waals surface area contributed by atoms with Gasteiger partial charge >= 0.3 is 0 Å². The topological polar surface area (TPSA) is 38.3 Å². The van der Waals surface area contributed by atoms with Gasteiger partial charge in [0.1, 0.15) is 5.75 Å². The molecule has 1 aromatic rings. The highest BCUT2D eigenvalue weighted by atomic mass is 16.5. The average molecular weight is 285 g/mol. The Kier molecular flexibility index (Phi) is 4.28. The highest BCUT2D eigenvalue weighted by Gasteiger charge is 2.52. The predicted octanol–water partition coefficient (Wildman–Crippen LogP) is 4.02. The van der Waals surface area contributed by atoms with Crippen molar-refractivity contribution in [3.05, 3.63) is 36.4 Å². The van der Waals surface area contributed by atoms with Gasteiger partial charge in [-0.3, -0.25) is 4.79 Å². The van der Waals surface area contributed by atoms with Crippen molar-refractivity contribution in [2.24, 2.45) is 17.8 Å². The number of fused-ring (bicyclic) bond motifs is 1. The second kappa shape index (κ2) is 6.33. The third-order valence-corrected chi connectivity index (χ3v) is 4.48. The number of anilines is 1. The first kappa shape index (κ1) is 14.2. The largest absolute Gasteiger partial charge is 0.494 e. The summed E-state index contributed by atoms with van der Waals surface area (Å²) < 4.78 is 5.41. The fourth-order valence-electron chi connectivity index (χ4n) is 3.33. The first-order valence-electron chi connectivity index (χ1n) is 8.00. The molecule has 1 N–H and O–H groups in total. The van der Waals surface area contributed by atoms with Crippen LogP contribution in [0.1, 0.15) is 32.6 Å². The maximum Gasteiger partial charge on any atom is 0.228 e. The summed E-state index contributed by atoms with van der Waals surface area (Å²) >= 11 is 0. The Morgan fingerprint density at radius 3 is 2.86 bits per heavy atom. The van der Waals surface area contributed by atoms with Crippen molar-refractivity contribution in [1.29, 1.82) is 0 Å². The van der Waals surface area contributed by atoms with Crippen LogP contribution in [0.3, 0.4) is 0 Å². The van der Waals surface area contributed by atoms with Crippen LogP contribution in [0.4, 0.5) is 5.69 Å². The Labute approximate surface area is 126 Å². The summed E-state index contributed by atoms with van der Waals surface area (Å²) in [7, 11) is 0. The lowest BCUT2D eigenvalue weighted by Gasteiger charge is -2.07. The molecule has 21 heavy (non-hydrogen) atoms. The summed E-state index contributed by atoms with van der Waals surface area (Å²) in [6, 6.07) is 7.61. The molecule has 2 aliphatic rings. The number of rotatable bonds is 4. The number of carbonyl (C=O) groups excluding carboxylic acids is 1. The molecule has 3 atom stereocenters. The molecule has 112 valence electrons. The van der Waals surface area contributed by atoms with Gasteiger partial charge in [0.25, 0.3) is 0 Å². The third kappa shape index (κ3) is 3.29. The van der Waals surface area contributed by atoms with E-state index in [-0.39, 0.29) is 11.8 Å². The lowest BCUT2D eigenvalue weighted by molar-refractivity contribution is -0.117. The molecule has 3 heteroatoms. The van der Waals surface area contributed by atoms with Crippen LogP contribution in [-0.2, 0) is 4.79 Å². The van der Waals surface area contributed by atoms with Gasteiger partial charge in [-0.25, -0.2) is 0 Å². The minimum atomic E-state index is 0.167. The van der Waals surface area contributed by atoms with Gasteiger partial charge in [-0.05, 0) is 62.3 Å². The van der Waals surface area contributed by atoms with E-state index in [2.05, 4.69) is 17.5 Å². The van der Waals surface area contributed by atoms with E-state index in [1.807, 2.05) is 31.2 Å². The van der Waals surface area contributed by atoms with E-state index in [1.165, 1.54) is 19.3 Å². The van der Waals surface area contributed by atoms with Crippen LogP contribution in [0.15, 0.2) is 36.4 Å². The summed E-state index contributed by atoms with van der Waals surface area (Å²) in [4.78, 5) is 12.4.